The molecule has 0 saturated carbocycles. The Morgan fingerprint density at radius 1 is 1.64 bits per heavy atom. The van der Waals surface area contributed by atoms with Crippen LogP contribution in [0.3, 0.4) is 0 Å². The van der Waals surface area contributed by atoms with Crippen LogP contribution in [-0.4, -0.2) is 12.1 Å². The van der Waals surface area contributed by atoms with Crippen LogP contribution in [0.15, 0.2) is 10.5 Å². The molecule has 0 bridgehead atoms. The number of hydrogen-bond donors (Lipinski definition) is 0. The van der Waals surface area contributed by atoms with E-state index in [1.807, 2.05) is 0 Å². The molecule has 0 saturated heterocycles. The van der Waals surface area contributed by atoms with Gasteiger partial charge in [-0.1, -0.05) is 0 Å². The second kappa shape index (κ2) is 4.89. The molecule has 1 aromatic rings. The highest BCUT2D eigenvalue weighted by molar-refractivity contribution is 9.10. The van der Waals surface area contributed by atoms with Gasteiger partial charge in [-0.05, 0) is 27.6 Å². The molecular weight excluding hydrogens is 279 g/mol. The van der Waals surface area contributed by atoms with Gasteiger partial charge < -0.3 is 4.74 Å². The summed E-state index contributed by atoms with van der Waals surface area (Å²) < 4.78 is 30.3. The average molecular weight is 287 g/mol. The van der Waals surface area contributed by atoms with Gasteiger partial charge in [-0.15, -0.1) is 11.6 Å². The highest BCUT2D eigenvalue weighted by Crippen LogP contribution is 2.30. The lowest BCUT2D eigenvalue weighted by Crippen LogP contribution is -2.00. The monoisotopic (exact) mass is 285 g/mol. The summed E-state index contributed by atoms with van der Waals surface area (Å²) in [6.07, 6.45) is -2.65. The SMILES string of the molecule is COc1nc(C(F)F)c(CCl)cc1Br. The molecule has 2 nitrogen and oxygen atoms in total. The van der Waals surface area contributed by atoms with Crippen molar-refractivity contribution in [1.29, 1.82) is 0 Å². The van der Waals surface area contributed by atoms with Crippen LogP contribution < -0.4 is 4.74 Å². The van der Waals surface area contributed by atoms with Crippen LogP contribution >= 0.6 is 27.5 Å². The molecule has 0 aliphatic heterocycles. The van der Waals surface area contributed by atoms with Gasteiger partial charge in [0.1, 0.15) is 5.69 Å². The van der Waals surface area contributed by atoms with Gasteiger partial charge in [0.05, 0.1) is 11.6 Å². The third kappa shape index (κ3) is 2.33. The van der Waals surface area contributed by atoms with E-state index < -0.39 is 6.43 Å². The topological polar surface area (TPSA) is 22.1 Å². The summed E-state index contributed by atoms with van der Waals surface area (Å²) in [7, 11) is 1.36. The van der Waals surface area contributed by atoms with Gasteiger partial charge in [0, 0.05) is 5.88 Å². The summed E-state index contributed by atoms with van der Waals surface area (Å²) in [6, 6.07) is 1.49. The molecule has 14 heavy (non-hydrogen) atoms. The second-order valence-corrected chi connectivity index (χ2v) is 3.58. The van der Waals surface area contributed by atoms with Crippen molar-refractivity contribution in [2.24, 2.45) is 0 Å². The Morgan fingerprint density at radius 3 is 2.71 bits per heavy atom. The number of rotatable bonds is 3. The molecule has 0 atom stereocenters. The van der Waals surface area contributed by atoms with E-state index in [0.29, 0.717) is 10.0 Å². The molecular formula is C8H7BrClF2NO. The number of hydrogen-bond acceptors (Lipinski definition) is 2. The third-order valence-electron chi connectivity index (χ3n) is 1.60. The zero-order valence-corrected chi connectivity index (χ0v) is 9.57. The molecule has 6 heteroatoms. The van der Waals surface area contributed by atoms with Gasteiger partial charge in [0.15, 0.2) is 0 Å². The van der Waals surface area contributed by atoms with Crippen molar-refractivity contribution in [3.63, 3.8) is 0 Å². The maximum Gasteiger partial charge on any atom is 0.280 e. The first kappa shape index (κ1) is 11.7. The fraction of sp³-hybridized carbons (Fsp3) is 0.375. The number of ether oxygens (including phenoxy) is 1. The number of nitrogens with zero attached hydrogens (tertiary/aromatic N) is 1. The summed E-state index contributed by atoms with van der Waals surface area (Å²) >= 11 is 8.65. The van der Waals surface area contributed by atoms with E-state index in [2.05, 4.69) is 20.9 Å². The normalized spacial score (nSPS) is 10.7. The third-order valence-corrected chi connectivity index (χ3v) is 2.46. The minimum Gasteiger partial charge on any atom is -0.480 e. The molecule has 78 valence electrons. The van der Waals surface area contributed by atoms with E-state index >= 15 is 0 Å². The molecule has 1 rings (SSSR count). The van der Waals surface area contributed by atoms with Gasteiger partial charge >= 0.3 is 0 Å². The Balaban J connectivity index is 3.25. The van der Waals surface area contributed by atoms with Crippen LogP contribution in [0.5, 0.6) is 5.88 Å². The van der Waals surface area contributed by atoms with E-state index in [4.69, 9.17) is 16.3 Å². The Hall–Kier alpha value is -0.420. The smallest absolute Gasteiger partial charge is 0.280 e. The zero-order valence-electron chi connectivity index (χ0n) is 7.23. The molecule has 0 radical (unpaired) electrons. The summed E-state index contributed by atoms with van der Waals surface area (Å²) in [5.41, 5.74) is -0.0330. The van der Waals surface area contributed by atoms with Gasteiger partial charge in [-0.2, -0.15) is 0 Å². The molecule has 0 aromatic carbocycles. The summed E-state index contributed by atoms with van der Waals surface area (Å²) in [4.78, 5) is 3.66. The van der Waals surface area contributed by atoms with E-state index in [9.17, 15) is 8.78 Å². The Labute approximate surface area is 93.4 Å². The van der Waals surface area contributed by atoms with Crippen LogP contribution in [0.1, 0.15) is 17.7 Å². The molecule has 0 unspecified atom stereocenters. The quantitative estimate of drug-likeness (QED) is 0.793. The predicted molar refractivity (Wildman–Crippen MR) is 53.0 cm³/mol. The lowest BCUT2D eigenvalue weighted by Gasteiger charge is -2.09. The van der Waals surface area contributed by atoms with Gasteiger partial charge in [-0.3, -0.25) is 0 Å². The van der Waals surface area contributed by atoms with Gasteiger partial charge in [0.25, 0.3) is 6.43 Å². The van der Waals surface area contributed by atoms with Gasteiger partial charge in [0.2, 0.25) is 5.88 Å². The number of halogens is 4. The fourth-order valence-corrected chi connectivity index (χ4v) is 1.70. The van der Waals surface area contributed by atoms with Crippen LogP contribution in [0.4, 0.5) is 8.78 Å². The first-order chi connectivity index (χ1) is 6.60. The maximum absolute atomic E-state index is 12.5. The molecule has 1 aromatic heterocycles. The number of pyridine rings is 1. The summed E-state index contributed by atoms with van der Waals surface area (Å²) in [5.74, 6) is 0.129. The van der Waals surface area contributed by atoms with Crippen molar-refractivity contribution >= 4 is 27.5 Å². The molecule has 0 aliphatic carbocycles. The standard InChI is InChI=1S/C8H7BrClF2NO/c1-14-8-5(9)2-4(3-10)6(13-8)7(11)12/h2,7H,3H2,1H3. The van der Waals surface area contributed by atoms with Gasteiger partial charge in [-0.25, -0.2) is 13.8 Å². The second-order valence-electron chi connectivity index (χ2n) is 2.46. The molecule has 0 aliphatic rings. The minimum absolute atomic E-state index is 0.00469. The number of alkyl halides is 3. The van der Waals surface area contributed by atoms with Crippen LogP contribution in [-0.2, 0) is 5.88 Å². The largest absolute Gasteiger partial charge is 0.480 e. The Morgan fingerprint density at radius 2 is 2.29 bits per heavy atom. The van der Waals surface area contributed by atoms with E-state index in [0.717, 1.165) is 0 Å². The number of methoxy groups -OCH3 is 1. The fourth-order valence-electron chi connectivity index (χ4n) is 0.962. The molecule has 0 spiro atoms. The maximum atomic E-state index is 12.5. The van der Waals surface area contributed by atoms with Crippen molar-refractivity contribution in [2.45, 2.75) is 12.3 Å². The van der Waals surface area contributed by atoms with Crippen molar-refractivity contribution in [3.05, 3.63) is 21.8 Å². The predicted octanol–water partition coefficient (Wildman–Crippen LogP) is 3.53. The first-order valence-corrected chi connectivity index (χ1v) is 5.00. The van der Waals surface area contributed by atoms with Crippen LogP contribution in [0.25, 0.3) is 0 Å². The zero-order chi connectivity index (χ0) is 10.7. The molecule has 0 fully saturated rings. The van der Waals surface area contributed by atoms with Crippen molar-refractivity contribution < 1.29 is 13.5 Å². The highest BCUT2D eigenvalue weighted by atomic mass is 79.9. The molecule has 1 heterocycles. The van der Waals surface area contributed by atoms with E-state index in [1.165, 1.54) is 13.2 Å². The highest BCUT2D eigenvalue weighted by Gasteiger charge is 2.17. The van der Waals surface area contributed by atoms with Crippen LogP contribution in [0.2, 0.25) is 0 Å². The van der Waals surface area contributed by atoms with Crippen molar-refractivity contribution in [2.75, 3.05) is 7.11 Å². The summed E-state index contributed by atoms with van der Waals surface area (Å²) in [6.45, 7) is 0. The average Bonchev–Trinajstić information content (AvgIpc) is 2.16. The molecule has 0 amide bonds. The van der Waals surface area contributed by atoms with Crippen LogP contribution in [0, 0.1) is 0 Å². The first-order valence-electron chi connectivity index (χ1n) is 3.67. The Bertz CT molecular complexity index is 335. The minimum atomic E-state index is -2.65. The van der Waals surface area contributed by atoms with Crippen molar-refractivity contribution in [1.82, 2.24) is 4.98 Å². The summed E-state index contributed by atoms with van der Waals surface area (Å²) in [5, 5.41) is 0. The lowest BCUT2D eigenvalue weighted by molar-refractivity contribution is 0.144. The van der Waals surface area contributed by atoms with E-state index in [-0.39, 0.29) is 17.5 Å². The molecule has 0 N–H and O–H groups in total. The van der Waals surface area contributed by atoms with E-state index in [1.54, 1.807) is 0 Å². The lowest BCUT2D eigenvalue weighted by atomic mass is 10.2. The Kier molecular flexibility index (Phi) is 4.07. The number of aromatic nitrogens is 1. The van der Waals surface area contributed by atoms with Crippen molar-refractivity contribution in [3.8, 4) is 5.88 Å².